The number of rotatable bonds is 3. The van der Waals surface area contributed by atoms with Crippen molar-refractivity contribution in [1.29, 1.82) is 0 Å². The smallest absolute Gasteiger partial charge is 0.436 e. The highest BCUT2D eigenvalue weighted by atomic mass is 16.6. The zero-order valence-electron chi connectivity index (χ0n) is 13.6. The van der Waals surface area contributed by atoms with Gasteiger partial charge in [0.1, 0.15) is 0 Å². The molecule has 23 heavy (non-hydrogen) atoms. The first-order valence-corrected chi connectivity index (χ1v) is 7.26. The number of amides is 3. The van der Waals surface area contributed by atoms with Crippen LogP contribution in [0.4, 0.5) is 9.59 Å². The van der Waals surface area contributed by atoms with Gasteiger partial charge in [0.15, 0.2) is 5.54 Å². The lowest BCUT2D eigenvalue weighted by molar-refractivity contribution is -0.204. The second-order valence-electron chi connectivity index (χ2n) is 5.69. The SMILES string of the molecule is COC(=O)N1C(=O)[C@@](CC(C)C)(c2ccccc2)N1C(=O)OC. The molecule has 0 spiro atoms. The molecule has 0 aliphatic carbocycles. The molecule has 0 bridgehead atoms. The largest absolute Gasteiger partial charge is 0.451 e. The molecule has 1 aromatic carbocycles. The highest BCUT2D eigenvalue weighted by molar-refractivity contribution is 6.06. The fraction of sp³-hybridized carbons (Fsp3) is 0.438. The fourth-order valence-corrected chi connectivity index (χ4v) is 2.90. The summed E-state index contributed by atoms with van der Waals surface area (Å²) in [5.41, 5.74) is -0.638. The summed E-state index contributed by atoms with van der Waals surface area (Å²) < 4.78 is 9.37. The summed E-state index contributed by atoms with van der Waals surface area (Å²) in [5.74, 6) is -0.402. The minimum atomic E-state index is -1.27. The monoisotopic (exact) mass is 320 g/mol. The minimum absolute atomic E-state index is 0.103. The maximum Gasteiger partial charge on any atom is 0.436 e. The number of hydrogen-bond donors (Lipinski definition) is 0. The van der Waals surface area contributed by atoms with Crippen LogP contribution in [0.2, 0.25) is 0 Å². The van der Waals surface area contributed by atoms with E-state index in [2.05, 4.69) is 4.74 Å². The van der Waals surface area contributed by atoms with Gasteiger partial charge in [0.2, 0.25) is 0 Å². The number of imide groups is 1. The van der Waals surface area contributed by atoms with E-state index in [1.54, 1.807) is 24.3 Å². The Morgan fingerprint density at radius 3 is 2.13 bits per heavy atom. The van der Waals surface area contributed by atoms with Crippen LogP contribution in [-0.2, 0) is 19.8 Å². The molecular weight excluding hydrogens is 300 g/mol. The van der Waals surface area contributed by atoms with Gasteiger partial charge in [-0.05, 0) is 17.9 Å². The van der Waals surface area contributed by atoms with Crippen LogP contribution >= 0.6 is 0 Å². The van der Waals surface area contributed by atoms with Gasteiger partial charge in [-0.1, -0.05) is 44.2 Å². The number of benzene rings is 1. The molecular formula is C16H20N2O5. The number of ether oxygens (including phenoxy) is 2. The molecule has 1 atom stereocenters. The van der Waals surface area contributed by atoms with E-state index in [9.17, 15) is 14.4 Å². The summed E-state index contributed by atoms with van der Waals surface area (Å²) in [4.78, 5) is 36.9. The molecule has 1 heterocycles. The number of methoxy groups -OCH3 is 2. The van der Waals surface area contributed by atoms with E-state index < -0.39 is 23.6 Å². The van der Waals surface area contributed by atoms with Crippen molar-refractivity contribution in [3.8, 4) is 0 Å². The third-order valence-corrected chi connectivity index (χ3v) is 3.76. The van der Waals surface area contributed by atoms with Crippen LogP contribution in [0.25, 0.3) is 0 Å². The highest BCUT2D eigenvalue weighted by Gasteiger charge is 2.66. The first-order chi connectivity index (χ1) is 10.9. The van der Waals surface area contributed by atoms with Crippen LogP contribution in [0.3, 0.4) is 0 Å². The Bertz CT molecular complexity index is 616. The topological polar surface area (TPSA) is 76.2 Å². The van der Waals surface area contributed by atoms with Gasteiger partial charge in [-0.15, -0.1) is 5.01 Å². The fourth-order valence-electron chi connectivity index (χ4n) is 2.90. The van der Waals surface area contributed by atoms with E-state index in [-0.39, 0.29) is 5.92 Å². The molecule has 1 aromatic rings. The van der Waals surface area contributed by atoms with Crippen molar-refractivity contribution in [1.82, 2.24) is 10.0 Å². The second-order valence-corrected chi connectivity index (χ2v) is 5.69. The van der Waals surface area contributed by atoms with Crippen molar-refractivity contribution in [2.75, 3.05) is 14.2 Å². The number of hydrogen-bond acceptors (Lipinski definition) is 5. The van der Waals surface area contributed by atoms with Gasteiger partial charge in [-0.25, -0.2) is 9.59 Å². The Hall–Kier alpha value is -2.57. The minimum Gasteiger partial charge on any atom is -0.451 e. The van der Waals surface area contributed by atoms with Crippen LogP contribution in [0, 0.1) is 5.92 Å². The molecule has 3 amide bonds. The van der Waals surface area contributed by atoms with E-state index in [4.69, 9.17) is 4.74 Å². The lowest BCUT2D eigenvalue weighted by atomic mass is 9.77. The predicted molar refractivity (Wildman–Crippen MR) is 81.1 cm³/mol. The molecule has 2 rings (SSSR count). The van der Waals surface area contributed by atoms with Crippen molar-refractivity contribution < 1.29 is 23.9 Å². The lowest BCUT2D eigenvalue weighted by Crippen LogP contribution is -2.78. The van der Waals surface area contributed by atoms with Crippen molar-refractivity contribution in [2.24, 2.45) is 5.92 Å². The van der Waals surface area contributed by atoms with Gasteiger partial charge >= 0.3 is 12.2 Å². The summed E-state index contributed by atoms with van der Waals surface area (Å²) in [7, 11) is 2.35. The van der Waals surface area contributed by atoms with E-state index in [0.29, 0.717) is 17.0 Å². The number of hydrazine groups is 1. The molecule has 1 saturated heterocycles. The summed E-state index contributed by atoms with van der Waals surface area (Å²) in [6, 6.07) is 8.88. The lowest BCUT2D eigenvalue weighted by Gasteiger charge is -2.55. The molecule has 0 radical (unpaired) electrons. The van der Waals surface area contributed by atoms with Crippen molar-refractivity contribution in [3.05, 3.63) is 35.9 Å². The van der Waals surface area contributed by atoms with Crippen LogP contribution in [0.15, 0.2) is 30.3 Å². The molecule has 124 valence electrons. The molecule has 7 heteroatoms. The predicted octanol–water partition coefficient (Wildman–Crippen LogP) is 2.52. The Morgan fingerprint density at radius 1 is 1.09 bits per heavy atom. The number of carbonyl (C=O) groups excluding carboxylic acids is 3. The molecule has 1 fully saturated rings. The summed E-state index contributed by atoms with van der Waals surface area (Å²) >= 11 is 0. The number of nitrogens with zero attached hydrogens (tertiary/aromatic N) is 2. The zero-order chi connectivity index (χ0) is 17.2. The van der Waals surface area contributed by atoms with Crippen LogP contribution in [0.1, 0.15) is 25.8 Å². The zero-order valence-corrected chi connectivity index (χ0v) is 13.6. The van der Waals surface area contributed by atoms with Gasteiger partial charge < -0.3 is 9.47 Å². The van der Waals surface area contributed by atoms with Crippen molar-refractivity contribution in [3.63, 3.8) is 0 Å². The maximum atomic E-state index is 12.8. The van der Waals surface area contributed by atoms with E-state index in [1.165, 1.54) is 7.11 Å². The van der Waals surface area contributed by atoms with Gasteiger partial charge in [0, 0.05) is 0 Å². The Kier molecular flexibility index (Phi) is 4.58. The molecule has 1 aliphatic heterocycles. The van der Waals surface area contributed by atoms with E-state index >= 15 is 0 Å². The maximum absolute atomic E-state index is 12.8. The van der Waals surface area contributed by atoms with Crippen molar-refractivity contribution >= 4 is 18.1 Å². The molecule has 1 aliphatic rings. The molecule has 0 aromatic heterocycles. The Morgan fingerprint density at radius 2 is 1.65 bits per heavy atom. The average molecular weight is 320 g/mol. The third kappa shape index (κ3) is 2.52. The first kappa shape index (κ1) is 16.8. The summed E-state index contributed by atoms with van der Waals surface area (Å²) in [5, 5.41) is 1.72. The van der Waals surface area contributed by atoms with Crippen LogP contribution in [0.5, 0.6) is 0 Å². The van der Waals surface area contributed by atoms with Gasteiger partial charge in [0.25, 0.3) is 5.91 Å². The summed E-state index contributed by atoms with van der Waals surface area (Å²) in [6.07, 6.45) is -1.35. The van der Waals surface area contributed by atoms with Gasteiger partial charge in [-0.3, -0.25) is 4.79 Å². The van der Waals surface area contributed by atoms with E-state index in [1.807, 2.05) is 19.9 Å². The Labute approximate surface area is 134 Å². The Balaban J connectivity index is 2.57. The quantitative estimate of drug-likeness (QED) is 0.855. The van der Waals surface area contributed by atoms with Gasteiger partial charge in [0.05, 0.1) is 14.2 Å². The van der Waals surface area contributed by atoms with Crippen LogP contribution in [-0.4, -0.2) is 42.3 Å². The third-order valence-electron chi connectivity index (χ3n) is 3.76. The standard InChI is InChI=1S/C16H20N2O5/c1-11(2)10-16(12-8-6-5-7-9-12)13(19)17(14(20)22-3)18(16)15(21)23-4/h5-9,11H,10H2,1-4H3/t16-/m1/s1. The molecule has 0 saturated carbocycles. The molecule has 0 N–H and O–H groups in total. The normalized spacial score (nSPS) is 20.3. The molecule has 0 unspecified atom stereocenters. The highest BCUT2D eigenvalue weighted by Crippen LogP contribution is 2.46. The first-order valence-electron chi connectivity index (χ1n) is 7.26. The summed E-state index contributed by atoms with van der Waals surface area (Å²) in [6.45, 7) is 3.88. The van der Waals surface area contributed by atoms with Crippen LogP contribution < -0.4 is 0 Å². The second kappa shape index (κ2) is 6.28. The van der Waals surface area contributed by atoms with Crippen molar-refractivity contribution in [2.45, 2.75) is 25.8 Å². The average Bonchev–Trinajstić information content (AvgIpc) is 2.56. The van der Waals surface area contributed by atoms with Gasteiger partial charge in [-0.2, -0.15) is 5.01 Å². The van der Waals surface area contributed by atoms with E-state index in [0.717, 1.165) is 12.1 Å². The number of carbonyl (C=O) groups is 3. The molecule has 7 nitrogen and oxygen atoms in total.